The van der Waals surface area contributed by atoms with Gasteiger partial charge in [-0.05, 0) is 31.4 Å². The predicted molar refractivity (Wildman–Crippen MR) is 70.1 cm³/mol. The van der Waals surface area contributed by atoms with Gasteiger partial charge in [-0.25, -0.2) is 0 Å². The molecule has 2 nitrogen and oxygen atoms in total. The molecule has 0 saturated carbocycles. The number of carbonyl (C=O) groups is 1. The highest BCUT2D eigenvalue weighted by Gasteiger charge is 2.32. The minimum absolute atomic E-state index is 0.155. The number of nitrogens with zero attached hydrogens (tertiary/aromatic N) is 1. The number of halogens is 1. The van der Waals surface area contributed by atoms with Crippen LogP contribution in [0.1, 0.15) is 25.0 Å². The predicted octanol–water partition coefficient (Wildman–Crippen LogP) is 2.84. The lowest BCUT2D eigenvalue weighted by Crippen LogP contribution is -2.44. The molecule has 1 aliphatic rings. The molecule has 0 saturated heterocycles. The molecule has 17 heavy (non-hydrogen) atoms. The van der Waals surface area contributed by atoms with Gasteiger partial charge in [-0.3, -0.25) is 4.79 Å². The molecule has 0 radical (unpaired) electrons. The molecule has 1 aliphatic heterocycles. The highest BCUT2D eigenvalue weighted by Crippen LogP contribution is 2.25. The van der Waals surface area contributed by atoms with E-state index in [0.717, 1.165) is 19.5 Å². The molecular formula is C14H18ClNO. The maximum Gasteiger partial charge on any atom is 0.229 e. The van der Waals surface area contributed by atoms with Crippen molar-refractivity contribution in [3.05, 3.63) is 35.4 Å². The van der Waals surface area contributed by atoms with Crippen LogP contribution in [0, 0.1) is 5.41 Å². The van der Waals surface area contributed by atoms with Crippen molar-refractivity contribution >= 4 is 17.5 Å². The number of fused-ring (bicyclic) bond motifs is 1. The highest BCUT2D eigenvalue weighted by atomic mass is 35.5. The Morgan fingerprint density at radius 3 is 2.65 bits per heavy atom. The molecule has 1 aromatic rings. The fraction of sp³-hybridized carbons (Fsp3) is 0.500. The summed E-state index contributed by atoms with van der Waals surface area (Å²) in [5.41, 5.74) is 2.16. The van der Waals surface area contributed by atoms with Crippen molar-refractivity contribution in [2.45, 2.75) is 26.8 Å². The zero-order chi connectivity index (χ0) is 12.5. The molecule has 0 spiro atoms. The summed E-state index contributed by atoms with van der Waals surface area (Å²) >= 11 is 5.86. The Hall–Kier alpha value is -1.02. The Morgan fingerprint density at radius 2 is 2.00 bits per heavy atom. The standard InChI is InChI=1S/C14H18ClNO/c1-14(2,10-15)13(17)16-8-7-11-5-3-4-6-12(11)9-16/h3-6H,7-10H2,1-2H3. The van der Waals surface area contributed by atoms with E-state index in [4.69, 9.17) is 11.6 Å². The zero-order valence-electron chi connectivity index (χ0n) is 10.4. The van der Waals surface area contributed by atoms with E-state index in [1.807, 2.05) is 24.8 Å². The Balaban J connectivity index is 2.15. The van der Waals surface area contributed by atoms with Gasteiger partial charge in [0.25, 0.3) is 0 Å². The summed E-state index contributed by atoms with van der Waals surface area (Å²) in [5, 5.41) is 0. The molecule has 0 bridgehead atoms. The van der Waals surface area contributed by atoms with Crippen molar-refractivity contribution < 1.29 is 4.79 Å². The second-order valence-electron chi connectivity index (χ2n) is 5.26. The van der Waals surface area contributed by atoms with E-state index in [1.54, 1.807) is 0 Å². The lowest BCUT2D eigenvalue weighted by atomic mass is 9.92. The molecule has 0 unspecified atom stereocenters. The van der Waals surface area contributed by atoms with Crippen molar-refractivity contribution in [2.75, 3.05) is 12.4 Å². The zero-order valence-corrected chi connectivity index (χ0v) is 11.1. The number of hydrogen-bond donors (Lipinski definition) is 0. The molecule has 1 heterocycles. The van der Waals surface area contributed by atoms with Crippen LogP contribution < -0.4 is 0 Å². The summed E-state index contributed by atoms with van der Waals surface area (Å²) < 4.78 is 0. The summed E-state index contributed by atoms with van der Waals surface area (Å²) in [6, 6.07) is 8.32. The number of alkyl halides is 1. The first-order valence-electron chi connectivity index (χ1n) is 5.97. The van der Waals surface area contributed by atoms with E-state index < -0.39 is 5.41 Å². The van der Waals surface area contributed by atoms with Gasteiger partial charge in [0.1, 0.15) is 0 Å². The Labute approximate surface area is 108 Å². The Bertz CT molecular complexity index is 428. The quantitative estimate of drug-likeness (QED) is 0.741. The van der Waals surface area contributed by atoms with Crippen molar-refractivity contribution in [3.8, 4) is 0 Å². The van der Waals surface area contributed by atoms with Crippen LogP contribution in [0.5, 0.6) is 0 Å². The van der Waals surface area contributed by atoms with Crippen LogP contribution in [0.25, 0.3) is 0 Å². The molecular weight excluding hydrogens is 234 g/mol. The van der Waals surface area contributed by atoms with Gasteiger partial charge in [-0.15, -0.1) is 11.6 Å². The van der Waals surface area contributed by atoms with Crippen molar-refractivity contribution in [1.29, 1.82) is 0 Å². The van der Waals surface area contributed by atoms with E-state index in [9.17, 15) is 4.79 Å². The first kappa shape index (κ1) is 12.4. The molecule has 2 rings (SSSR count). The highest BCUT2D eigenvalue weighted by molar-refractivity contribution is 6.19. The molecule has 1 amide bonds. The SMILES string of the molecule is CC(C)(CCl)C(=O)N1CCc2ccccc2C1. The second kappa shape index (κ2) is 4.69. The fourth-order valence-electron chi connectivity index (χ4n) is 2.15. The minimum Gasteiger partial charge on any atom is -0.338 e. The van der Waals surface area contributed by atoms with E-state index >= 15 is 0 Å². The maximum atomic E-state index is 12.3. The average molecular weight is 252 g/mol. The van der Waals surface area contributed by atoms with Crippen LogP contribution in [-0.2, 0) is 17.8 Å². The topological polar surface area (TPSA) is 20.3 Å². The summed E-state index contributed by atoms with van der Waals surface area (Å²) in [7, 11) is 0. The summed E-state index contributed by atoms with van der Waals surface area (Å²) in [5.74, 6) is 0.520. The molecule has 0 fully saturated rings. The Morgan fingerprint density at radius 1 is 1.35 bits per heavy atom. The van der Waals surface area contributed by atoms with Gasteiger partial charge in [0.2, 0.25) is 5.91 Å². The molecule has 0 aliphatic carbocycles. The second-order valence-corrected chi connectivity index (χ2v) is 5.53. The third kappa shape index (κ3) is 2.47. The number of hydrogen-bond acceptors (Lipinski definition) is 1. The monoisotopic (exact) mass is 251 g/mol. The summed E-state index contributed by atoms with van der Waals surface area (Å²) in [6.45, 7) is 5.33. The number of benzene rings is 1. The van der Waals surface area contributed by atoms with Crippen LogP contribution in [-0.4, -0.2) is 23.2 Å². The summed E-state index contributed by atoms with van der Waals surface area (Å²) in [4.78, 5) is 14.2. The van der Waals surface area contributed by atoms with Gasteiger partial charge in [0.15, 0.2) is 0 Å². The smallest absolute Gasteiger partial charge is 0.229 e. The molecule has 0 aromatic heterocycles. The third-order valence-corrected chi connectivity index (χ3v) is 4.00. The number of amides is 1. The van der Waals surface area contributed by atoms with Crippen LogP contribution >= 0.6 is 11.6 Å². The van der Waals surface area contributed by atoms with E-state index in [1.165, 1.54) is 11.1 Å². The van der Waals surface area contributed by atoms with Crippen molar-refractivity contribution in [1.82, 2.24) is 4.90 Å². The average Bonchev–Trinajstić information content (AvgIpc) is 2.37. The van der Waals surface area contributed by atoms with E-state index in [2.05, 4.69) is 18.2 Å². The first-order valence-corrected chi connectivity index (χ1v) is 6.50. The number of carbonyl (C=O) groups excluding carboxylic acids is 1. The molecule has 92 valence electrons. The fourth-order valence-corrected chi connectivity index (χ4v) is 2.27. The Kier molecular flexibility index (Phi) is 3.43. The van der Waals surface area contributed by atoms with Crippen LogP contribution in [0.3, 0.4) is 0 Å². The van der Waals surface area contributed by atoms with Crippen molar-refractivity contribution in [3.63, 3.8) is 0 Å². The maximum absolute atomic E-state index is 12.3. The van der Waals surface area contributed by atoms with Gasteiger partial charge in [0, 0.05) is 19.0 Å². The van der Waals surface area contributed by atoms with Crippen molar-refractivity contribution in [2.24, 2.45) is 5.41 Å². The lowest BCUT2D eigenvalue weighted by molar-refractivity contribution is -0.140. The van der Waals surface area contributed by atoms with E-state index in [0.29, 0.717) is 5.88 Å². The lowest BCUT2D eigenvalue weighted by Gasteiger charge is -2.34. The third-order valence-electron chi connectivity index (χ3n) is 3.33. The van der Waals surface area contributed by atoms with Gasteiger partial charge in [-0.2, -0.15) is 0 Å². The molecule has 3 heteroatoms. The number of rotatable bonds is 2. The van der Waals surface area contributed by atoms with Crippen LogP contribution in [0.4, 0.5) is 0 Å². The van der Waals surface area contributed by atoms with E-state index in [-0.39, 0.29) is 5.91 Å². The largest absolute Gasteiger partial charge is 0.338 e. The van der Waals surface area contributed by atoms with Gasteiger partial charge in [-0.1, -0.05) is 24.3 Å². The van der Waals surface area contributed by atoms with Crippen LogP contribution in [0.15, 0.2) is 24.3 Å². The van der Waals surface area contributed by atoms with Crippen LogP contribution in [0.2, 0.25) is 0 Å². The van der Waals surface area contributed by atoms with Gasteiger partial charge < -0.3 is 4.90 Å². The molecule has 1 aromatic carbocycles. The molecule has 0 atom stereocenters. The molecule has 0 N–H and O–H groups in total. The van der Waals surface area contributed by atoms with Gasteiger partial charge in [0.05, 0.1) is 5.41 Å². The normalized spacial score (nSPS) is 15.6. The first-order chi connectivity index (χ1) is 8.04. The summed E-state index contributed by atoms with van der Waals surface area (Å²) in [6.07, 6.45) is 0.945. The minimum atomic E-state index is -0.464. The van der Waals surface area contributed by atoms with Gasteiger partial charge >= 0.3 is 0 Å².